The molecule has 8 nitrogen and oxygen atoms in total. The Kier molecular flexibility index (Phi) is 6.41. The van der Waals surface area contributed by atoms with Crippen LogP contribution in [0.4, 0.5) is 0 Å². The van der Waals surface area contributed by atoms with Crippen LogP contribution < -0.4 is 4.74 Å². The van der Waals surface area contributed by atoms with Crippen LogP contribution in [0.5, 0.6) is 17.2 Å². The molecular weight excluding hydrogens is 464 g/mol. The van der Waals surface area contributed by atoms with Gasteiger partial charge in [-0.1, -0.05) is 38.0 Å². The van der Waals surface area contributed by atoms with Crippen molar-refractivity contribution in [1.29, 1.82) is 0 Å². The van der Waals surface area contributed by atoms with E-state index in [9.17, 15) is 30.3 Å². The van der Waals surface area contributed by atoms with E-state index in [0.717, 1.165) is 18.9 Å². The van der Waals surface area contributed by atoms with Gasteiger partial charge in [0, 0.05) is 22.3 Å². The van der Waals surface area contributed by atoms with Gasteiger partial charge in [0.1, 0.15) is 12.4 Å². The topological polar surface area (TPSA) is 137 Å². The zero-order chi connectivity index (χ0) is 26.6. The van der Waals surface area contributed by atoms with Crippen molar-refractivity contribution in [3.63, 3.8) is 0 Å². The summed E-state index contributed by atoms with van der Waals surface area (Å²) in [5.74, 6) is -4.03. The van der Waals surface area contributed by atoms with Gasteiger partial charge in [-0.15, -0.1) is 0 Å². The summed E-state index contributed by atoms with van der Waals surface area (Å²) in [6.45, 7) is 8.25. The third-order valence-corrected chi connectivity index (χ3v) is 7.24. The summed E-state index contributed by atoms with van der Waals surface area (Å²) in [6, 6.07) is 0. The lowest BCUT2D eigenvalue weighted by Crippen LogP contribution is -2.65. The van der Waals surface area contributed by atoms with E-state index in [0.29, 0.717) is 17.3 Å². The second kappa shape index (κ2) is 8.96. The molecule has 2 heterocycles. The van der Waals surface area contributed by atoms with Crippen molar-refractivity contribution in [2.75, 3.05) is 6.61 Å². The second-order valence-corrected chi connectivity index (χ2v) is 9.76. The number of ether oxygens (including phenoxy) is 2. The predicted octanol–water partition coefficient (Wildman–Crippen LogP) is 3.46. The third kappa shape index (κ3) is 3.77. The monoisotopic (exact) mass is 496 g/mol. The molecule has 0 saturated heterocycles. The van der Waals surface area contributed by atoms with Crippen LogP contribution in [0.25, 0.3) is 6.08 Å². The summed E-state index contributed by atoms with van der Waals surface area (Å²) >= 11 is 0. The number of aliphatic hydroxyl groups is 3. The quantitative estimate of drug-likeness (QED) is 0.309. The highest BCUT2D eigenvalue weighted by atomic mass is 16.6. The fraction of sp³-hybridized carbons (Fsp3) is 0.393. The molecule has 0 unspecified atom stereocenters. The Balaban J connectivity index is 1.91. The van der Waals surface area contributed by atoms with Crippen molar-refractivity contribution in [2.24, 2.45) is 5.92 Å². The van der Waals surface area contributed by atoms with Crippen molar-refractivity contribution in [2.45, 2.75) is 59.0 Å². The van der Waals surface area contributed by atoms with E-state index >= 15 is 0 Å². The van der Waals surface area contributed by atoms with Crippen LogP contribution in [0.2, 0.25) is 0 Å². The van der Waals surface area contributed by atoms with Crippen LogP contribution >= 0.6 is 0 Å². The fourth-order valence-electron chi connectivity index (χ4n) is 4.73. The molecule has 3 atom stereocenters. The molecule has 0 saturated carbocycles. The number of aromatic hydroxyl groups is 2. The smallest absolute Gasteiger partial charge is 0.272 e. The molecule has 0 radical (unpaired) electrons. The fourth-order valence-corrected chi connectivity index (χ4v) is 4.73. The Bertz CT molecular complexity index is 1290. The number of ketones is 1. The van der Waals surface area contributed by atoms with Gasteiger partial charge in [0.2, 0.25) is 11.5 Å². The molecule has 1 aromatic rings. The molecule has 5 N–H and O–H groups in total. The first-order chi connectivity index (χ1) is 16.9. The molecule has 192 valence electrons. The number of allylic oxidation sites excluding steroid dienone is 5. The minimum atomic E-state index is -2.57. The van der Waals surface area contributed by atoms with E-state index < -0.39 is 35.3 Å². The van der Waals surface area contributed by atoms with Gasteiger partial charge in [0.25, 0.3) is 5.79 Å². The number of hydrogen-bond acceptors (Lipinski definition) is 8. The Hall–Kier alpha value is -3.33. The molecule has 8 heteroatoms. The normalized spacial score (nSPS) is 26.4. The summed E-state index contributed by atoms with van der Waals surface area (Å²) in [4.78, 5) is 13.2. The predicted molar refractivity (Wildman–Crippen MR) is 133 cm³/mol. The number of carbonyl (C=O) groups excluding carboxylic acids is 1. The van der Waals surface area contributed by atoms with E-state index in [1.807, 2.05) is 13.0 Å². The van der Waals surface area contributed by atoms with Crippen LogP contribution in [0.1, 0.15) is 50.8 Å². The van der Waals surface area contributed by atoms with E-state index in [-0.39, 0.29) is 40.2 Å². The molecule has 0 bridgehead atoms. The maximum Gasteiger partial charge on any atom is 0.272 e. The van der Waals surface area contributed by atoms with E-state index in [2.05, 4.69) is 19.9 Å². The zero-order valence-corrected chi connectivity index (χ0v) is 21.0. The SMILES string of the molecule is CC[C@H](C)/C=C(C)/C=C/C1=CC2=C(CO1)C(=O)[C@@](C)(O)[C@]1(O)Oc3c(O)c(O)c(C)c(CO)c3C=C21. The lowest BCUT2D eigenvalue weighted by atomic mass is 9.70. The van der Waals surface area contributed by atoms with Gasteiger partial charge >= 0.3 is 0 Å². The highest BCUT2D eigenvalue weighted by Gasteiger charge is 2.63. The molecule has 1 aromatic carbocycles. The molecule has 36 heavy (non-hydrogen) atoms. The molecule has 3 aliphatic rings. The average Bonchev–Trinajstić information content (AvgIpc) is 2.85. The number of fused-ring (bicyclic) bond motifs is 3. The first kappa shape index (κ1) is 25.8. The third-order valence-electron chi connectivity index (χ3n) is 7.24. The minimum absolute atomic E-state index is 0.0786. The van der Waals surface area contributed by atoms with Crippen molar-refractivity contribution in [3.05, 3.63) is 69.0 Å². The minimum Gasteiger partial charge on any atom is -0.504 e. The first-order valence-corrected chi connectivity index (χ1v) is 11.9. The van der Waals surface area contributed by atoms with Crippen LogP contribution in [0, 0.1) is 12.8 Å². The molecule has 0 amide bonds. The number of carbonyl (C=O) groups is 1. The summed E-state index contributed by atoms with van der Waals surface area (Å²) in [5.41, 5.74) is -0.0818. The van der Waals surface area contributed by atoms with Gasteiger partial charge in [-0.05, 0) is 56.1 Å². The van der Waals surface area contributed by atoms with Crippen molar-refractivity contribution in [3.8, 4) is 17.2 Å². The Morgan fingerprint density at radius 3 is 2.56 bits per heavy atom. The number of rotatable bonds is 5. The van der Waals surface area contributed by atoms with E-state index in [1.165, 1.54) is 13.0 Å². The molecule has 0 aromatic heterocycles. The lowest BCUT2D eigenvalue weighted by Gasteiger charge is -2.48. The Morgan fingerprint density at radius 2 is 1.92 bits per heavy atom. The van der Waals surface area contributed by atoms with Crippen LogP contribution in [0.3, 0.4) is 0 Å². The Labute approximate surface area is 209 Å². The Morgan fingerprint density at radius 1 is 1.22 bits per heavy atom. The largest absolute Gasteiger partial charge is 0.504 e. The van der Waals surface area contributed by atoms with Crippen molar-refractivity contribution < 1.29 is 39.8 Å². The maximum absolute atomic E-state index is 13.2. The highest BCUT2D eigenvalue weighted by Crippen LogP contribution is 2.54. The molecule has 0 spiro atoms. The average molecular weight is 497 g/mol. The summed E-state index contributed by atoms with van der Waals surface area (Å²) in [7, 11) is 0. The highest BCUT2D eigenvalue weighted by molar-refractivity contribution is 6.08. The maximum atomic E-state index is 13.2. The molecule has 4 rings (SSSR count). The molecule has 1 aliphatic carbocycles. The summed E-state index contributed by atoms with van der Waals surface area (Å²) in [6.07, 6.45) is 9.87. The van der Waals surface area contributed by atoms with Crippen LogP contribution in [-0.4, -0.2) is 49.3 Å². The summed E-state index contributed by atoms with van der Waals surface area (Å²) < 4.78 is 11.5. The van der Waals surface area contributed by atoms with Gasteiger partial charge in [0.15, 0.2) is 17.1 Å². The number of benzene rings is 1. The van der Waals surface area contributed by atoms with E-state index in [1.54, 1.807) is 12.2 Å². The van der Waals surface area contributed by atoms with Crippen LogP contribution in [0.15, 0.2) is 52.4 Å². The molecule has 0 fully saturated rings. The number of Topliss-reactive ketones (excluding diaryl/α,β-unsaturated/α-hetero) is 1. The lowest BCUT2D eigenvalue weighted by molar-refractivity contribution is -0.222. The summed E-state index contributed by atoms with van der Waals surface area (Å²) in [5, 5.41) is 53.6. The molecular formula is C28H32O8. The standard InChI is InChI=1S/C28H32O8/c1-6-14(2)9-15(3)7-8-17-10-18-21(13-35-17)26(32)27(5,33)28(34)22(18)11-19-20(12-29)16(4)23(30)24(31)25(19)36-28/h7-11,14,29-31,33-34H,6,12-13H2,1-5H3/b8-7+,15-9+/t14-,27+,28+/m0/s1. The second-order valence-electron chi connectivity index (χ2n) is 9.76. The van der Waals surface area contributed by atoms with Crippen LogP contribution in [-0.2, 0) is 16.1 Å². The van der Waals surface area contributed by atoms with Gasteiger partial charge in [0.05, 0.1) is 6.61 Å². The van der Waals surface area contributed by atoms with Crippen molar-refractivity contribution >= 4 is 11.9 Å². The van der Waals surface area contributed by atoms with E-state index in [4.69, 9.17) is 9.47 Å². The van der Waals surface area contributed by atoms with Gasteiger partial charge in [-0.2, -0.15) is 0 Å². The number of aliphatic hydroxyl groups excluding tert-OH is 1. The number of phenolic OH excluding ortho intramolecular Hbond substituents is 2. The van der Waals surface area contributed by atoms with Gasteiger partial charge < -0.3 is 35.0 Å². The van der Waals surface area contributed by atoms with Gasteiger partial charge in [-0.25, -0.2) is 0 Å². The first-order valence-electron chi connectivity index (χ1n) is 11.9. The number of hydrogen-bond donors (Lipinski definition) is 5. The van der Waals surface area contributed by atoms with Gasteiger partial charge in [-0.3, -0.25) is 4.79 Å². The zero-order valence-electron chi connectivity index (χ0n) is 21.0. The van der Waals surface area contributed by atoms with Crippen molar-refractivity contribution in [1.82, 2.24) is 0 Å². The molecule has 2 aliphatic heterocycles. The number of phenols is 2.